The van der Waals surface area contributed by atoms with Crippen molar-refractivity contribution >= 4 is 10.9 Å². The summed E-state index contributed by atoms with van der Waals surface area (Å²) in [6.45, 7) is 2.68. The van der Waals surface area contributed by atoms with Gasteiger partial charge in [0, 0.05) is 36.7 Å². The zero-order valence-corrected chi connectivity index (χ0v) is 13.9. The number of aromatic nitrogens is 1. The standard InChI is InChI=1S/C20H23NO2/c1-14-19(16-11-7-8-12-17(16)21-14)20(18(23-3)13-22-2)15-9-5-4-6-10-15/h4-12,18,20-21H,13H2,1-3H3/t18-,20+/m1/s1. The molecule has 0 unspecified atom stereocenters. The van der Waals surface area contributed by atoms with Crippen LogP contribution in [0.1, 0.15) is 22.7 Å². The molecule has 3 heteroatoms. The molecule has 2 aromatic carbocycles. The van der Waals surface area contributed by atoms with Crippen molar-refractivity contribution < 1.29 is 9.47 Å². The highest BCUT2D eigenvalue weighted by molar-refractivity contribution is 5.85. The first-order valence-corrected chi connectivity index (χ1v) is 7.90. The van der Waals surface area contributed by atoms with E-state index in [0.717, 1.165) is 5.52 Å². The topological polar surface area (TPSA) is 34.2 Å². The lowest BCUT2D eigenvalue weighted by atomic mass is 9.85. The Bertz CT molecular complexity index is 764. The molecule has 0 saturated heterocycles. The molecule has 1 aromatic heterocycles. The van der Waals surface area contributed by atoms with Gasteiger partial charge >= 0.3 is 0 Å². The molecule has 1 heterocycles. The molecule has 3 nitrogen and oxygen atoms in total. The number of fused-ring (bicyclic) bond motifs is 1. The molecule has 23 heavy (non-hydrogen) atoms. The zero-order valence-electron chi connectivity index (χ0n) is 13.9. The van der Waals surface area contributed by atoms with Gasteiger partial charge in [-0.2, -0.15) is 0 Å². The predicted molar refractivity (Wildman–Crippen MR) is 94.0 cm³/mol. The van der Waals surface area contributed by atoms with Crippen LogP contribution in [0, 0.1) is 6.92 Å². The maximum absolute atomic E-state index is 5.80. The van der Waals surface area contributed by atoms with E-state index in [2.05, 4.69) is 60.4 Å². The molecule has 0 spiro atoms. The van der Waals surface area contributed by atoms with Gasteiger partial charge in [-0.15, -0.1) is 0 Å². The highest BCUT2D eigenvalue weighted by Crippen LogP contribution is 2.36. The van der Waals surface area contributed by atoms with E-state index in [9.17, 15) is 0 Å². The molecule has 0 bridgehead atoms. The summed E-state index contributed by atoms with van der Waals surface area (Å²) in [5.74, 6) is 0.123. The van der Waals surface area contributed by atoms with Crippen LogP contribution in [0.4, 0.5) is 0 Å². The van der Waals surface area contributed by atoms with Crippen molar-refractivity contribution in [1.82, 2.24) is 4.98 Å². The van der Waals surface area contributed by atoms with Crippen molar-refractivity contribution in [3.8, 4) is 0 Å². The summed E-state index contributed by atoms with van der Waals surface area (Å²) < 4.78 is 11.2. The Kier molecular flexibility index (Phi) is 4.79. The van der Waals surface area contributed by atoms with E-state index < -0.39 is 0 Å². The van der Waals surface area contributed by atoms with Crippen molar-refractivity contribution in [2.45, 2.75) is 18.9 Å². The first-order chi connectivity index (χ1) is 11.3. The summed E-state index contributed by atoms with van der Waals surface area (Å²) in [4.78, 5) is 3.50. The molecule has 3 aromatic rings. The van der Waals surface area contributed by atoms with E-state index in [4.69, 9.17) is 9.47 Å². The highest BCUT2D eigenvalue weighted by atomic mass is 16.5. The van der Waals surface area contributed by atoms with E-state index in [1.54, 1.807) is 14.2 Å². The van der Waals surface area contributed by atoms with E-state index in [-0.39, 0.29) is 12.0 Å². The quantitative estimate of drug-likeness (QED) is 0.738. The van der Waals surface area contributed by atoms with Crippen LogP contribution in [0.25, 0.3) is 10.9 Å². The van der Waals surface area contributed by atoms with Crippen molar-refractivity contribution in [2.24, 2.45) is 0 Å². The van der Waals surface area contributed by atoms with Gasteiger partial charge < -0.3 is 14.5 Å². The Balaban J connectivity index is 2.19. The van der Waals surface area contributed by atoms with E-state index in [1.807, 2.05) is 6.07 Å². The summed E-state index contributed by atoms with van der Waals surface area (Å²) in [7, 11) is 3.47. The van der Waals surface area contributed by atoms with Crippen molar-refractivity contribution in [3.05, 3.63) is 71.4 Å². The second kappa shape index (κ2) is 6.99. The molecule has 0 radical (unpaired) electrons. The Hall–Kier alpha value is -2.10. The number of nitrogens with one attached hydrogen (secondary N) is 1. The van der Waals surface area contributed by atoms with Gasteiger partial charge in [0.2, 0.25) is 0 Å². The molecule has 1 N–H and O–H groups in total. The number of aryl methyl sites for hydroxylation is 1. The lowest BCUT2D eigenvalue weighted by molar-refractivity contribution is 0.0189. The number of aromatic amines is 1. The minimum atomic E-state index is -0.0414. The van der Waals surface area contributed by atoms with Crippen LogP contribution in [0.3, 0.4) is 0 Å². The van der Waals surface area contributed by atoms with Gasteiger partial charge in [0.15, 0.2) is 0 Å². The number of hydrogen-bond donors (Lipinski definition) is 1. The molecule has 3 rings (SSSR count). The summed E-state index contributed by atoms with van der Waals surface area (Å²) in [5.41, 5.74) is 4.87. The molecule has 0 aliphatic carbocycles. The number of benzene rings is 2. The second-order valence-corrected chi connectivity index (χ2v) is 5.83. The number of para-hydroxylation sites is 1. The largest absolute Gasteiger partial charge is 0.382 e. The predicted octanol–water partition coefficient (Wildman–Crippen LogP) is 4.27. The third-order valence-corrected chi connectivity index (χ3v) is 4.42. The van der Waals surface area contributed by atoms with E-state index >= 15 is 0 Å². The fraction of sp³-hybridized carbons (Fsp3) is 0.300. The maximum Gasteiger partial charge on any atom is 0.0914 e. The van der Waals surface area contributed by atoms with Crippen LogP contribution in [-0.4, -0.2) is 31.9 Å². The number of methoxy groups -OCH3 is 2. The van der Waals surface area contributed by atoms with Crippen LogP contribution in [0.15, 0.2) is 54.6 Å². The van der Waals surface area contributed by atoms with E-state index in [1.165, 1.54) is 22.2 Å². The molecule has 0 aliphatic rings. The summed E-state index contributed by atoms with van der Waals surface area (Å²) in [6, 6.07) is 18.9. The van der Waals surface area contributed by atoms with Gasteiger partial charge in [0.1, 0.15) is 0 Å². The molecule has 120 valence electrons. The molecule has 0 amide bonds. The van der Waals surface area contributed by atoms with Crippen molar-refractivity contribution in [2.75, 3.05) is 20.8 Å². The number of ether oxygens (including phenoxy) is 2. The van der Waals surface area contributed by atoms with Gasteiger partial charge in [-0.3, -0.25) is 0 Å². The van der Waals surface area contributed by atoms with E-state index in [0.29, 0.717) is 6.61 Å². The third-order valence-electron chi connectivity index (χ3n) is 4.42. The normalized spacial score (nSPS) is 14.0. The smallest absolute Gasteiger partial charge is 0.0914 e. The molecule has 0 saturated carbocycles. The summed E-state index contributed by atoms with van der Waals surface area (Å²) >= 11 is 0. The van der Waals surface area contributed by atoms with Crippen LogP contribution in [-0.2, 0) is 9.47 Å². The van der Waals surface area contributed by atoms with Crippen LogP contribution in [0.2, 0.25) is 0 Å². The molecule has 0 fully saturated rings. The lowest BCUT2D eigenvalue weighted by Crippen LogP contribution is -2.27. The number of H-pyrrole nitrogens is 1. The maximum atomic E-state index is 5.80. The van der Waals surface area contributed by atoms with Crippen LogP contribution < -0.4 is 0 Å². The first kappa shape index (κ1) is 15.8. The number of rotatable bonds is 6. The molecule has 2 atom stereocenters. The molecule has 0 aliphatic heterocycles. The summed E-state index contributed by atoms with van der Waals surface area (Å²) in [5, 5.41) is 1.25. The van der Waals surface area contributed by atoms with Gasteiger partial charge in [-0.1, -0.05) is 48.5 Å². The Morgan fingerprint density at radius 3 is 2.35 bits per heavy atom. The second-order valence-electron chi connectivity index (χ2n) is 5.83. The average Bonchev–Trinajstić information content (AvgIpc) is 2.91. The number of hydrogen-bond acceptors (Lipinski definition) is 2. The molecular weight excluding hydrogens is 286 g/mol. The zero-order chi connectivity index (χ0) is 16.2. The third kappa shape index (κ3) is 3.03. The van der Waals surface area contributed by atoms with Crippen molar-refractivity contribution in [3.63, 3.8) is 0 Å². The lowest BCUT2D eigenvalue weighted by Gasteiger charge is -2.27. The van der Waals surface area contributed by atoms with Gasteiger partial charge in [0.25, 0.3) is 0 Å². The first-order valence-electron chi connectivity index (χ1n) is 7.90. The Morgan fingerprint density at radius 1 is 0.957 bits per heavy atom. The Morgan fingerprint density at radius 2 is 1.65 bits per heavy atom. The SMILES string of the molecule is COC[C@@H](OC)[C@H](c1ccccc1)c1c(C)[nH]c2ccccc12. The van der Waals surface area contributed by atoms with Gasteiger partial charge in [-0.05, 0) is 24.1 Å². The van der Waals surface area contributed by atoms with Gasteiger partial charge in [0.05, 0.1) is 12.7 Å². The van der Waals surface area contributed by atoms with Crippen LogP contribution in [0.5, 0.6) is 0 Å². The monoisotopic (exact) mass is 309 g/mol. The minimum absolute atomic E-state index is 0.0414. The average molecular weight is 309 g/mol. The minimum Gasteiger partial charge on any atom is -0.382 e. The van der Waals surface area contributed by atoms with Crippen molar-refractivity contribution in [1.29, 1.82) is 0 Å². The summed E-state index contributed by atoms with van der Waals surface area (Å²) in [6.07, 6.45) is -0.0414. The van der Waals surface area contributed by atoms with Gasteiger partial charge in [-0.25, -0.2) is 0 Å². The molecular formula is C20H23NO2. The highest BCUT2D eigenvalue weighted by Gasteiger charge is 2.28. The Labute approximate surface area is 137 Å². The fourth-order valence-corrected chi connectivity index (χ4v) is 3.39. The van der Waals surface area contributed by atoms with Crippen LogP contribution >= 0.6 is 0 Å². The fourth-order valence-electron chi connectivity index (χ4n) is 3.39.